The van der Waals surface area contributed by atoms with Crippen molar-refractivity contribution < 1.29 is 14.7 Å². The largest absolute Gasteiger partial charge is 0.396 e. The number of carbonyl (C=O) groups excluding carboxylic acids is 2. The number of unbranched alkanes of at least 4 members (excludes halogenated alkanes) is 1. The van der Waals surface area contributed by atoms with Crippen molar-refractivity contribution in [1.29, 1.82) is 0 Å². The molecule has 3 amide bonds. The number of anilines is 1. The van der Waals surface area contributed by atoms with Gasteiger partial charge < -0.3 is 10.4 Å². The number of aliphatic imine (C=N–C) groups is 1. The number of aromatic nitrogens is 1. The summed E-state index contributed by atoms with van der Waals surface area (Å²) in [4.78, 5) is 35.8. The summed E-state index contributed by atoms with van der Waals surface area (Å²) in [5.74, 6) is 0.831. The van der Waals surface area contributed by atoms with E-state index < -0.39 is 0 Å². The maximum atomic E-state index is 12.6. The van der Waals surface area contributed by atoms with Gasteiger partial charge in [-0.15, -0.1) is 0 Å². The van der Waals surface area contributed by atoms with Crippen molar-refractivity contribution in [2.45, 2.75) is 58.4 Å². The molecule has 176 valence electrons. The molecule has 0 radical (unpaired) electrons. The quantitative estimate of drug-likeness (QED) is 0.583. The smallest absolute Gasteiger partial charge is 0.320 e. The number of urea groups is 1. The molecule has 0 saturated heterocycles. The molecular weight excluding hydrogens is 418 g/mol. The van der Waals surface area contributed by atoms with E-state index in [2.05, 4.69) is 15.6 Å². The molecule has 8 heteroatoms. The maximum absolute atomic E-state index is 12.6. The summed E-state index contributed by atoms with van der Waals surface area (Å²) in [6.07, 6.45) is 3.68. The van der Waals surface area contributed by atoms with E-state index in [1.54, 1.807) is 17.2 Å². The van der Waals surface area contributed by atoms with Crippen LogP contribution in [0.4, 0.5) is 16.3 Å². The lowest BCUT2D eigenvalue weighted by molar-refractivity contribution is -0.116. The Hall–Kier alpha value is -3.26. The molecule has 0 aliphatic carbocycles. The number of fused-ring (bicyclic) bond motifs is 1. The number of rotatable bonds is 6. The number of benzene rings is 1. The molecule has 2 aromatic rings. The van der Waals surface area contributed by atoms with Gasteiger partial charge in [0.05, 0.1) is 5.69 Å². The van der Waals surface area contributed by atoms with Crippen molar-refractivity contribution in [1.82, 2.24) is 15.6 Å². The van der Waals surface area contributed by atoms with Crippen molar-refractivity contribution in [3.05, 3.63) is 53.7 Å². The summed E-state index contributed by atoms with van der Waals surface area (Å²) in [6, 6.07) is 11.4. The van der Waals surface area contributed by atoms with E-state index in [4.69, 9.17) is 10.1 Å². The highest BCUT2D eigenvalue weighted by Gasteiger charge is 2.28. The van der Waals surface area contributed by atoms with Gasteiger partial charge in [0.1, 0.15) is 11.7 Å². The lowest BCUT2D eigenvalue weighted by atomic mass is 9.88. The third kappa shape index (κ3) is 6.61. The SMILES string of the molecule is CC(=O)N(CCCCO)c1cc2c(cn1)CC(c1ccccc1)C(NC(=O)NC(C)(C)C)=N2. The number of pyridine rings is 1. The lowest BCUT2D eigenvalue weighted by Crippen LogP contribution is -2.49. The third-order valence-electron chi connectivity index (χ3n) is 5.32. The Kier molecular flexibility index (Phi) is 7.81. The summed E-state index contributed by atoms with van der Waals surface area (Å²) >= 11 is 0. The second-order valence-corrected chi connectivity index (χ2v) is 9.27. The molecule has 1 aromatic heterocycles. The monoisotopic (exact) mass is 451 g/mol. The molecule has 1 aliphatic heterocycles. The minimum Gasteiger partial charge on any atom is -0.396 e. The van der Waals surface area contributed by atoms with Gasteiger partial charge in [-0.1, -0.05) is 30.3 Å². The minimum atomic E-state index is -0.382. The van der Waals surface area contributed by atoms with E-state index in [9.17, 15) is 9.59 Å². The topological polar surface area (TPSA) is 107 Å². The number of hydrogen-bond acceptors (Lipinski definition) is 5. The Morgan fingerprint density at radius 3 is 2.55 bits per heavy atom. The van der Waals surface area contributed by atoms with Crippen molar-refractivity contribution in [2.24, 2.45) is 4.99 Å². The fourth-order valence-corrected chi connectivity index (χ4v) is 3.78. The third-order valence-corrected chi connectivity index (χ3v) is 5.32. The molecule has 1 aliphatic rings. The fourth-order valence-electron chi connectivity index (χ4n) is 3.78. The van der Waals surface area contributed by atoms with Crippen molar-refractivity contribution in [2.75, 3.05) is 18.1 Å². The molecule has 33 heavy (non-hydrogen) atoms. The molecule has 1 aromatic carbocycles. The Bertz CT molecular complexity index is 1010. The molecule has 2 heterocycles. The van der Waals surface area contributed by atoms with Crippen molar-refractivity contribution in [3.63, 3.8) is 0 Å². The molecule has 0 bridgehead atoms. The first-order valence-corrected chi connectivity index (χ1v) is 11.3. The summed E-state index contributed by atoms with van der Waals surface area (Å²) in [5.41, 5.74) is 2.31. The van der Waals surface area contributed by atoms with Gasteiger partial charge in [0.2, 0.25) is 5.91 Å². The van der Waals surface area contributed by atoms with Crippen LogP contribution in [0.2, 0.25) is 0 Å². The van der Waals surface area contributed by atoms with Gasteiger partial charge in [0.25, 0.3) is 0 Å². The van der Waals surface area contributed by atoms with Crippen LogP contribution in [-0.2, 0) is 11.2 Å². The molecule has 0 saturated carbocycles. The number of hydrogen-bond donors (Lipinski definition) is 3. The summed E-state index contributed by atoms with van der Waals surface area (Å²) < 4.78 is 0. The summed E-state index contributed by atoms with van der Waals surface area (Å²) in [7, 11) is 0. The van der Waals surface area contributed by atoms with Crippen LogP contribution in [-0.4, -0.2) is 46.6 Å². The van der Waals surface area contributed by atoms with Crippen LogP contribution in [0.3, 0.4) is 0 Å². The zero-order valence-corrected chi connectivity index (χ0v) is 19.8. The van der Waals surface area contributed by atoms with Crippen molar-refractivity contribution in [3.8, 4) is 0 Å². The lowest BCUT2D eigenvalue weighted by Gasteiger charge is -2.28. The minimum absolute atomic E-state index is 0.0835. The van der Waals surface area contributed by atoms with Gasteiger partial charge in [-0.05, 0) is 51.2 Å². The molecular formula is C25H33N5O3. The van der Waals surface area contributed by atoms with Gasteiger partial charge in [-0.25, -0.2) is 14.8 Å². The van der Waals surface area contributed by atoms with Gasteiger partial charge >= 0.3 is 6.03 Å². The van der Waals surface area contributed by atoms with E-state index in [1.165, 1.54) is 6.92 Å². The molecule has 3 rings (SSSR count). The van der Waals surface area contributed by atoms with E-state index in [1.807, 2.05) is 51.1 Å². The van der Waals surface area contributed by atoms with E-state index >= 15 is 0 Å². The highest BCUT2D eigenvalue weighted by atomic mass is 16.3. The van der Waals surface area contributed by atoms with E-state index in [-0.39, 0.29) is 30.0 Å². The van der Waals surface area contributed by atoms with E-state index in [0.717, 1.165) is 11.1 Å². The van der Waals surface area contributed by atoms with Crippen LogP contribution in [0.25, 0.3) is 0 Å². The summed E-state index contributed by atoms with van der Waals surface area (Å²) in [6.45, 7) is 7.81. The molecule has 3 N–H and O–H groups in total. The normalized spacial score (nSPS) is 15.3. The predicted molar refractivity (Wildman–Crippen MR) is 130 cm³/mol. The van der Waals surface area contributed by atoms with Crippen LogP contribution >= 0.6 is 0 Å². The van der Waals surface area contributed by atoms with Crippen LogP contribution < -0.4 is 15.5 Å². The number of amides is 3. The number of nitrogens with one attached hydrogen (secondary N) is 2. The highest BCUT2D eigenvalue weighted by molar-refractivity contribution is 6.03. The first-order chi connectivity index (χ1) is 15.7. The zero-order valence-electron chi connectivity index (χ0n) is 19.8. The molecule has 8 nitrogen and oxygen atoms in total. The number of nitrogens with zero attached hydrogens (tertiary/aromatic N) is 3. The number of amidine groups is 1. The fraction of sp³-hybridized carbons (Fsp3) is 0.440. The number of aliphatic hydroxyl groups is 1. The summed E-state index contributed by atoms with van der Waals surface area (Å²) in [5, 5.41) is 14.9. The van der Waals surface area contributed by atoms with Gasteiger partial charge in [-0.2, -0.15) is 0 Å². The standard InChI is InChI=1S/C25H33N5O3/c1-17(32)30(12-8-9-13-31)22-15-21-19(16-26-22)14-20(18-10-6-5-7-11-18)23(27-21)28-24(33)29-25(2,3)4/h5-7,10-11,15-16,20,31H,8-9,12-14H2,1-4H3,(H2,27,28,29,33). The molecule has 0 fully saturated rings. The maximum Gasteiger partial charge on any atom is 0.320 e. The Balaban J connectivity index is 1.94. The predicted octanol–water partition coefficient (Wildman–Crippen LogP) is 3.67. The second kappa shape index (κ2) is 10.6. The first-order valence-electron chi connectivity index (χ1n) is 11.3. The van der Waals surface area contributed by atoms with Crippen molar-refractivity contribution >= 4 is 29.3 Å². The molecule has 0 spiro atoms. The second-order valence-electron chi connectivity index (χ2n) is 9.27. The van der Waals surface area contributed by atoms with Crippen LogP contribution in [0.15, 0.2) is 47.6 Å². The molecule has 1 atom stereocenters. The first kappa shape index (κ1) is 24.4. The molecule has 1 unspecified atom stereocenters. The average molecular weight is 452 g/mol. The number of aliphatic hydroxyl groups excluding tert-OH is 1. The zero-order chi connectivity index (χ0) is 24.0. The highest BCUT2D eigenvalue weighted by Crippen LogP contribution is 2.35. The van der Waals surface area contributed by atoms with Gasteiger partial charge in [0, 0.05) is 43.8 Å². The van der Waals surface area contributed by atoms with Crippen LogP contribution in [0.1, 0.15) is 57.6 Å². The van der Waals surface area contributed by atoms with Gasteiger partial charge in [-0.3, -0.25) is 15.0 Å². The van der Waals surface area contributed by atoms with Gasteiger partial charge in [0.15, 0.2) is 0 Å². The number of carbonyl (C=O) groups is 2. The Morgan fingerprint density at radius 2 is 1.91 bits per heavy atom. The Morgan fingerprint density at radius 1 is 1.18 bits per heavy atom. The van der Waals surface area contributed by atoms with Crippen LogP contribution in [0, 0.1) is 0 Å². The Labute approximate surface area is 195 Å². The van der Waals surface area contributed by atoms with E-state index in [0.29, 0.717) is 43.1 Å². The average Bonchev–Trinajstić information content (AvgIpc) is 2.75. The van der Waals surface area contributed by atoms with Crippen LogP contribution in [0.5, 0.6) is 0 Å².